The van der Waals surface area contributed by atoms with E-state index in [0.29, 0.717) is 11.4 Å². The lowest BCUT2D eigenvalue weighted by molar-refractivity contribution is 1.10. The fourth-order valence-corrected chi connectivity index (χ4v) is 8.71. The lowest BCUT2D eigenvalue weighted by atomic mass is 10.0. The van der Waals surface area contributed by atoms with E-state index in [1.165, 1.54) is 0 Å². The fraction of sp³-hybridized carbons (Fsp3) is 0. The van der Waals surface area contributed by atoms with E-state index in [9.17, 15) is 4.79 Å². The zero-order valence-corrected chi connectivity index (χ0v) is 24.0. The average Bonchev–Trinajstić information content (AvgIpc) is 3.09. The molecule has 2 heterocycles. The van der Waals surface area contributed by atoms with Gasteiger partial charge in [-0.15, -0.1) is 0 Å². The number of rotatable bonds is 6. The Morgan fingerprint density at radius 2 is 0.884 bits per heavy atom. The molecule has 0 saturated heterocycles. The van der Waals surface area contributed by atoms with Gasteiger partial charge in [-0.1, -0.05) is 152 Å². The van der Waals surface area contributed by atoms with E-state index >= 15 is 0 Å². The molecule has 0 aliphatic rings. The molecule has 0 atom stereocenters. The van der Waals surface area contributed by atoms with Crippen LogP contribution in [0.4, 0.5) is 5.95 Å². The zero-order chi connectivity index (χ0) is 29.1. The SMILES string of the molecule is O=c1[nH]c(N=P(c2ccccc2)(c2ccccc2)c2ccccc2)nc2nc(-c3ccccc3)c(-c3ccccc3)nc12. The van der Waals surface area contributed by atoms with Crippen molar-refractivity contribution < 1.29 is 0 Å². The van der Waals surface area contributed by atoms with Crippen molar-refractivity contribution in [3.63, 3.8) is 0 Å². The van der Waals surface area contributed by atoms with Gasteiger partial charge in [-0.25, -0.2) is 14.7 Å². The van der Waals surface area contributed by atoms with Gasteiger partial charge in [0.15, 0.2) is 11.2 Å². The molecule has 206 valence electrons. The number of aromatic nitrogens is 4. The summed E-state index contributed by atoms with van der Waals surface area (Å²) in [5, 5.41) is 3.14. The molecule has 1 N–H and O–H groups in total. The molecule has 7 aromatic rings. The fourth-order valence-electron chi connectivity index (χ4n) is 5.28. The molecular formula is C36H26N5OP. The highest BCUT2D eigenvalue weighted by Crippen LogP contribution is 2.48. The second kappa shape index (κ2) is 11.4. The second-order valence-electron chi connectivity index (χ2n) is 9.96. The van der Waals surface area contributed by atoms with Crippen LogP contribution in [0.5, 0.6) is 0 Å². The van der Waals surface area contributed by atoms with Gasteiger partial charge in [0.1, 0.15) is 0 Å². The molecule has 43 heavy (non-hydrogen) atoms. The Kier molecular flexibility index (Phi) is 7.04. The first-order chi connectivity index (χ1) is 21.2. The summed E-state index contributed by atoms with van der Waals surface area (Å²) in [6.45, 7) is 0. The number of nitrogens with one attached hydrogen (secondary N) is 1. The molecular weight excluding hydrogens is 549 g/mol. The van der Waals surface area contributed by atoms with Crippen LogP contribution in [0.25, 0.3) is 33.7 Å². The van der Waals surface area contributed by atoms with Crippen molar-refractivity contribution >= 4 is 40.1 Å². The first kappa shape index (κ1) is 26.4. The van der Waals surface area contributed by atoms with Crippen molar-refractivity contribution in [2.24, 2.45) is 4.74 Å². The summed E-state index contributed by atoms with van der Waals surface area (Å²) >= 11 is 0. The summed E-state index contributed by atoms with van der Waals surface area (Å²) in [6.07, 6.45) is 0. The zero-order valence-electron chi connectivity index (χ0n) is 23.1. The van der Waals surface area contributed by atoms with Crippen molar-refractivity contribution in [2.75, 3.05) is 0 Å². The summed E-state index contributed by atoms with van der Waals surface area (Å²) in [5.41, 5.74) is 3.05. The first-order valence-corrected chi connectivity index (χ1v) is 15.7. The van der Waals surface area contributed by atoms with Crippen LogP contribution in [-0.4, -0.2) is 19.9 Å². The van der Waals surface area contributed by atoms with Crippen LogP contribution in [0.3, 0.4) is 0 Å². The maximum absolute atomic E-state index is 13.7. The topological polar surface area (TPSA) is 83.9 Å². The van der Waals surface area contributed by atoms with Crippen LogP contribution in [0.15, 0.2) is 161 Å². The van der Waals surface area contributed by atoms with E-state index in [2.05, 4.69) is 41.4 Å². The summed E-state index contributed by atoms with van der Waals surface area (Å²) in [7, 11) is -2.66. The summed E-state index contributed by atoms with van der Waals surface area (Å²) < 4.78 is 5.37. The first-order valence-electron chi connectivity index (χ1n) is 13.9. The minimum absolute atomic E-state index is 0.167. The molecule has 0 amide bonds. The molecule has 0 spiro atoms. The monoisotopic (exact) mass is 575 g/mol. The molecule has 7 heteroatoms. The van der Waals surface area contributed by atoms with Crippen molar-refractivity contribution in [1.82, 2.24) is 19.9 Å². The summed E-state index contributed by atoms with van der Waals surface area (Å²) in [5.74, 6) is 0.211. The van der Waals surface area contributed by atoms with Gasteiger partial charge in [-0.05, 0) is 0 Å². The Bertz CT molecular complexity index is 2030. The molecule has 5 aromatic carbocycles. The van der Waals surface area contributed by atoms with Crippen LogP contribution in [0.1, 0.15) is 0 Å². The van der Waals surface area contributed by atoms with Crippen molar-refractivity contribution in [2.45, 2.75) is 0 Å². The number of benzene rings is 5. The quantitative estimate of drug-likeness (QED) is 0.220. The minimum Gasteiger partial charge on any atom is -0.289 e. The molecule has 0 unspecified atom stereocenters. The van der Waals surface area contributed by atoms with Gasteiger partial charge < -0.3 is 0 Å². The smallest absolute Gasteiger partial charge is 0.280 e. The van der Waals surface area contributed by atoms with Crippen molar-refractivity contribution in [3.05, 3.63) is 162 Å². The van der Waals surface area contributed by atoms with Crippen LogP contribution in [-0.2, 0) is 0 Å². The van der Waals surface area contributed by atoms with Crippen LogP contribution >= 0.6 is 7.05 Å². The standard InChI is InChI=1S/C36H26N5OP/c42-35-33-34(38-32(27-18-8-2-9-19-27)31(37-33)26-16-6-1-7-17-26)39-36(40-35)41-43(28-20-10-3-11-21-28,29-22-12-4-13-23-29)30-24-14-5-15-25-30/h1-25H,(H,38,39,40,42). The Balaban J connectivity index is 1.54. The maximum Gasteiger partial charge on any atom is 0.280 e. The number of hydrogen-bond acceptors (Lipinski definition) is 5. The third-order valence-electron chi connectivity index (χ3n) is 7.26. The van der Waals surface area contributed by atoms with Crippen molar-refractivity contribution in [1.29, 1.82) is 0 Å². The number of aromatic amines is 1. The molecule has 0 bridgehead atoms. The predicted molar refractivity (Wildman–Crippen MR) is 176 cm³/mol. The van der Waals surface area contributed by atoms with Crippen LogP contribution < -0.4 is 21.5 Å². The van der Waals surface area contributed by atoms with Crippen molar-refractivity contribution in [3.8, 4) is 22.5 Å². The van der Waals surface area contributed by atoms with E-state index in [0.717, 1.165) is 27.0 Å². The summed E-state index contributed by atoms with van der Waals surface area (Å²) in [4.78, 5) is 31.3. The number of fused-ring (bicyclic) bond motifs is 1. The Labute approximate surface area is 248 Å². The van der Waals surface area contributed by atoms with E-state index in [1.807, 2.05) is 115 Å². The Morgan fingerprint density at radius 1 is 0.488 bits per heavy atom. The molecule has 0 fully saturated rings. The molecule has 6 nitrogen and oxygen atoms in total. The molecule has 0 saturated carbocycles. The maximum atomic E-state index is 13.7. The average molecular weight is 576 g/mol. The third-order valence-corrected chi connectivity index (χ3v) is 10.9. The molecule has 0 aliphatic carbocycles. The van der Waals surface area contributed by atoms with Gasteiger partial charge in [-0.3, -0.25) is 9.78 Å². The number of nitrogens with zero attached hydrogens (tertiary/aromatic N) is 4. The van der Waals surface area contributed by atoms with Crippen LogP contribution in [0, 0.1) is 0 Å². The normalized spacial score (nSPS) is 11.3. The predicted octanol–water partition coefficient (Wildman–Crippen LogP) is 6.86. The Morgan fingerprint density at radius 3 is 1.33 bits per heavy atom. The molecule has 2 aromatic heterocycles. The van der Waals surface area contributed by atoms with Crippen LogP contribution in [0.2, 0.25) is 0 Å². The highest BCUT2D eigenvalue weighted by molar-refractivity contribution is 7.87. The molecule has 0 aliphatic heterocycles. The lowest BCUT2D eigenvalue weighted by Gasteiger charge is -2.26. The van der Waals surface area contributed by atoms with Gasteiger partial charge in [0, 0.05) is 27.0 Å². The van der Waals surface area contributed by atoms with Gasteiger partial charge in [-0.2, -0.15) is 4.98 Å². The molecule has 0 radical (unpaired) electrons. The third kappa shape index (κ3) is 4.99. The highest BCUT2D eigenvalue weighted by atomic mass is 31.2. The molecule has 7 rings (SSSR count). The van der Waals surface area contributed by atoms with Gasteiger partial charge >= 0.3 is 0 Å². The number of H-pyrrole nitrogens is 1. The highest BCUT2D eigenvalue weighted by Gasteiger charge is 2.28. The number of hydrogen-bond donors (Lipinski definition) is 1. The van der Waals surface area contributed by atoms with E-state index in [4.69, 9.17) is 19.7 Å². The second-order valence-corrected chi connectivity index (χ2v) is 13.0. The van der Waals surface area contributed by atoms with Gasteiger partial charge in [0.05, 0.1) is 18.4 Å². The minimum atomic E-state index is -2.66. The van der Waals surface area contributed by atoms with E-state index in [-0.39, 0.29) is 22.7 Å². The summed E-state index contributed by atoms with van der Waals surface area (Å²) in [6, 6.07) is 50.3. The van der Waals surface area contributed by atoms with Gasteiger partial charge in [0.2, 0.25) is 5.95 Å². The van der Waals surface area contributed by atoms with Gasteiger partial charge in [0.25, 0.3) is 5.56 Å². The Hall–Kier alpha value is -5.45. The largest absolute Gasteiger partial charge is 0.289 e. The van der Waals surface area contributed by atoms with E-state index < -0.39 is 7.05 Å². The lowest BCUT2D eigenvalue weighted by Crippen LogP contribution is -2.25. The van der Waals surface area contributed by atoms with E-state index in [1.54, 1.807) is 0 Å².